The summed E-state index contributed by atoms with van der Waals surface area (Å²) in [6.45, 7) is 4.98. The average Bonchev–Trinajstić information content (AvgIpc) is 2.79. The van der Waals surface area contributed by atoms with Crippen molar-refractivity contribution in [3.8, 4) is 0 Å². The molecule has 31 heavy (non-hydrogen) atoms. The number of para-hydroxylation sites is 1. The summed E-state index contributed by atoms with van der Waals surface area (Å²) in [4.78, 5) is 26.8. The van der Waals surface area contributed by atoms with E-state index in [2.05, 4.69) is 13.0 Å². The van der Waals surface area contributed by atoms with E-state index in [1.54, 1.807) is 12.1 Å². The number of carbonyl (C=O) groups is 2. The van der Waals surface area contributed by atoms with Gasteiger partial charge < -0.3 is 4.90 Å². The van der Waals surface area contributed by atoms with Gasteiger partial charge in [0.2, 0.25) is 15.9 Å². The molecule has 1 saturated heterocycles. The summed E-state index contributed by atoms with van der Waals surface area (Å²) >= 11 is 0. The third kappa shape index (κ3) is 4.16. The van der Waals surface area contributed by atoms with Crippen molar-refractivity contribution in [1.82, 2.24) is 4.31 Å². The van der Waals surface area contributed by atoms with Crippen LogP contribution in [0.3, 0.4) is 0 Å². The number of Topliss-reactive ketones (excluding diaryl/α,β-unsaturated/α-hetero) is 1. The minimum absolute atomic E-state index is 0.0993. The van der Waals surface area contributed by atoms with Crippen LogP contribution in [0.5, 0.6) is 0 Å². The summed E-state index contributed by atoms with van der Waals surface area (Å²) < 4.78 is 27.4. The Bertz CT molecular complexity index is 1090. The van der Waals surface area contributed by atoms with Crippen molar-refractivity contribution in [3.05, 3.63) is 59.7 Å². The fraction of sp³-hybridized carbons (Fsp3) is 0.417. The van der Waals surface area contributed by atoms with E-state index in [1.807, 2.05) is 23.1 Å². The molecule has 0 aromatic heterocycles. The highest BCUT2D eigenvalue weighted by molar-refractivity contribution is 7.89. The topological polar surface area (TPSA) is 74.8 Å². The van der Waals surface area contributed by atoms with Gasteiger partial charge in [0.05, 0.1) is 4.90 Å². The second kappa shape index (κ2) is 8.55. The minimum Gasteiger partial charge on any atom is -0.312 e. The number of amides is 1. The lowest BCUT2D eigenvalue weighted by atomic mass is 9.89. The van der Waals surface area contributed by atoms with Crippen LogP contribution in [0.1, 0.15) is 54.9 Å². The monoisotopic (exact) mass is 440 g/mol. The van der Waals surface area contributed by atoms with Crippen LogP contribution in [-0.4, -0.2) is 44.0 Å². The third-order valence-corrected chi connectivity index (χ3v) is 8.42. The zero-order valence-corrected chi connectivity index (χ0v) is 18.8. The molecule has 6 nitrogen and oxygen atoms in total. The number of hydrogen-bond donors (Lipinski definition) is 0. The second-order valence-electron chi connectivity index (χ2n) is 8.50. The number of anilines is 1. The van der Waals surface area contributed by atoms with E-state index in [4.69, 9.17) is 0 Å². The normalized spacial score (nSPS) is 20.3. The number of fused-ring (bicyclic) bond motifs is 1. The Kier molecular flexibility index (Phi) is 5.99. The Hall–Kier alpha value is -2.51. The van der Waals surface area contributed by atoms with E-state index in [0.29, 0.717) is 44.0 Å². The maximum Gasteiger partial charge on any atom is 0.243 e. The molecule has 0 bridgehead atoms. The first-order valence-corrected chi connectivity index (χ1v) is 12.2. The summed E-state index contributed by atoms with van der Waals surface area (Å²) in [7, 11) is -3.64. The molecule has 164 valence electrons. The number of benzene rings is 2. The predicted molar refractivity (Wildman–Crippen MR) is 120 cm³/mol. The van der Waals surface area contributed by atoms with E-state index in [0.717, 1.165) is 12.1 Å². The highest BCUT2D eigenvalue weighted by atomic mass is 32.2. The molecule has 2 aliphatic rings. The van der Waals surface area contributed by atoms with Crippen molar-refractivity contribution in [2.45, 2.75) is 43.9 Å². The maximum absolute atomic E-state index is 13.3. The minimum atomic E-state index is -3.64. The lowest BCUT2D eigenvalue weighted by Crippen LogP contribution is -2.46. The number of nitrogens with zero attached hydrogens (tertiary/aromatic N) is 2. The van der Waals surface area contributed by atoms with Gasteiger partial charge in [0.15, 0.2) is 5.78 Å². The zero-order valence-electron chi connectivity index (χ0n) is 18.0. The maximum atomic E-state index is 13.3. The molecule has 2 aliphatic heterocycles. The van der Waals surface area contributed by atoms with E-state index < -0.39 is 10.0 Å². The molecule has 1 fully saturated rings. The molecule has 2 heterocycles. The van der Waals surface area contributed by atoms with Gasteiger partial charge in [-0.3, -0.25) is 9.59 Å². The molecule has 0 N–H and O–H groups in total. The zero-order chi connectivity index (χ0) is 22.2. The van der Waals surface area contributed by atoms with Crippen molar-refractivity contribution in [1.29, 1.82) is 0 Å². The fourth-order valence-corrected chi connectivity index (χ4v) is 6.02. The number of ketones is 1. The van der Waals surface area contributed by atoms with Crippen LogP contribution in [0, 0.1) is 5.92 Å². The standard InChI is InChI=1S/C24H28N2O4S/c1-17-11-16-26(23-6-4-3-5-22(17)23)24(28)20-12-14-25(15-13-20)31(29,30)21-9-7-19(8-10-21)18(2)27/h3-10,17,20H,11-16H2,1-2H3. The van der Waals surface area contributed by atoms with Gasteiger partial charge in [-0.15, -0.1) is 0 Å². The Labute approximate surface area is 183 Å². The van der Waals surface area contributed by atoms with Crippen LogP contribution in [-0.2, 0) is 14.8 Å². The van der Waals surface area contributed by atoms with Gasteiger partial charge in [0.1, 0.15) is 0 Å². The molecule has 7 heteroatoms. The van der Waals surface area contributed by atoms with Crippen LogP contribution >= 0.6 is 0 Å². The molecular weight excluding hydrogens is 412 g/mol. The van der Waals surface area contributed by atoms with Crippen LogP contribution in [0.4, 0.5) is 5.69 Å². The van der Waals surface area contributed by atoms with Gasteiger partial charge in [0.25, 0.3) is 0 Å². The van der Waals surface area contributed by atoms with Gasteiger partial charge in [-0.2, -0.15) is 4.31 Å². The largest absolute Gasteiger partial charge is 0.312 e. The first kappa shape index (κ1) is 21.7. The molecule has 2 aromatic carbocycles. The number of sulfonamides is 1. The van der Waals surface area contributed by atoms with E-state index >= 15 is 0 Å². The van der Waals surface area contributed by atoms with Crippen LogP contribution in [0.15, 0.2) is 53.4 Å². The predicted octanol–water partition coefficient (Wildman–Crippen LogP) is 3.83. The molecule has 1 atom stereocenters. The van der Waals surface area contributed by atoms with Gasteiger partial charge in [-0.05, 0) is 55.9 Å². The molecule has 0 spiro atoms. The van der Waals surface area contributed by atoms with E-state index in [9.17, 15) is 18.0 Å². The third-order valence-electron chi connectivity index (χ3n) is 6.51. The van der Waals surface area contributed by atoms with Crippen LogP contribution in [0.2, 0.25) is 0 Å². The smallest absolute Gasteiger partial charge is 0.243 e. The Morgan fingerprint density at radius 1 is 0.903 bits per heavy atom. The number of hydrogen-bond acceptors (Lipinski definition) is 4. The Morgan fingerprint density at radius 3 is 2.19 bits per heavy atom. The Morgan fingerprint density at radius 2 is 1.55 bits per heavy atom. The van der Waals surface area contributed by atoms with Gasteiger partial charge in [0, 0.05) is 36.8 Å². The quantitative estimate of drug-likeness (QED) is 0.677. The molecule has 0 aliphatic carbocycles. The molecule has 0 saturated carbocycles. The summed E-state index contributed by atoms with van der Waals surface area (Å²) in [6.07, 6.45) is 1.96. The highest BCUT2D eigenvalue weighted by Gasteiger charge is 2.36. The van der Waals surface area contributed by atoms with Crippen molar-refractivity contribution in [2.24, 2.45) is 5.92 Å². The van der Waals surface area contributed by atoms with E-state index in [-0.39, 0.29) is 22.5 Å². The molecule has 2 aromatic rings. The van der Waals surface area contributed by atoms with E-state index in [1.165, 1.54) is 28.9 Å². The summed E-state index contributed by atoms with van der Waals surface area (Å²) in [5.41, 5.74) is 2.68. The van der Waals surface area contributed by atoms with Crippen molar-refractivity contribution in [2.75, 3.05) is 24.5 Å². The summed E-state index contributed by atoms with van der Waals surface area (Å²) in [5, 5.41) is 0. The SMILES string of the molecule is CC(=O)c1ccc(S(=O)(=O)N2CCC(C(=O)N3CCC(C)c4ccccc43)CC2)cc1. The lowest BCUT2D eigenvalue weighted by Gasteiger charge is -2.37. The summed E-state index contributed by atoms with van der Waals surface area (Å²) in [5.74, 6) is 0.258. The second-order valence-corrected chi connectivity index (χ2v) is 10.4. The van der Waals surface area contributed by atoms with Gasteiger partial charge in [-0.25, -0.2) is 8.42 Å². The molecule has 1 amide bonds. The van der Waals surface area contributed by atoms with Crippen LogP contribution in [0.25, 0.3) is 0 Å². The van der Waals surface area contributed by atoms with Crippen molar-refractivity contribution in [3.63, 3.8) is 0 Å². The number of rotatable bonds is 4. The molecule has 0 radical (unpaired) electrons. The van der Waals surface area contributed by atoms with Crippen molar-refractivity contribution < 1.29 is 18.0 Å². The molecular formula is C24H28N2O4S. The first-order chi connectivity index (χ1) is 14.8. The fourth-order valence-electron chi connectivity index (χ4n) is 4.55. The van der Waals surface area contributed by atoms with Gasteiger partial charge >= 0.3 is 0 Å². The molecule has 1 unspecified atom stereocenters. The first-order valence-electron chi connectivity index (χ1n) is 10.8. The van der Waals surface area contributed by atoms with Crippen molar-refractivity contribution >= 4 is 27.4 Å². The Balaban J connectivity index is 1.44. The lowest BCUT2D eigenvalue weighted by molar-refractivity contribution is -0.123. The average molecular weight is 441 g/mol. The highest BCUT2D eigenvalue weighted by Crippen LogP contribution is 2.36. The molecule has 4 rings (SSSR count). The number of carbonyl (C=O) groups excluding carboxylic acids is 2. The van der Waals surface area contributed by atoms with Gasteiger partial charge in [-0.1, -0.05) is 37.3 Å². The number of piperidine rings is 1. The summed E-state index contributed by atoms with van der Waals surface area (Å²) in [6, 6.07) is 14.1. The van der Waals surface area contributed by atoms with Crippen LogP contribution < -0.4 is 4.90 Å².